The van der Waals surface area contributed by atoms with Crippen LogP contribution in [0.4, 0.5) is 5.69 Å². The molecule has 0 aliphatic heterocycles. The molecular weight excluding hydrogens is 291 g/mol. The first-order valence-corrected chi connectivity index (χ1v) is 7.22. The van der Waals surface area contributed by atoms with Crippen LogP contribution in [0.2, 0.25) is 10.0 Å². The van der Waals surface area contributed by atoms with Gasteiger partial charge in [-0.05, 0) is 41.5 Å². The predicted octanol–water partition coefficient (Wildman–Crippen LogP) is 4.35. The lowest BCUT2D eigenvalue weighted by atomic mass is 10.2. The maximum atomic E-state index is 5.98. The molecule has 2 aromatic carbocycles. The Kier molecular flexibility index (Phi) is 5.30. The minimum absolute atomic E-state index is 0.671. The van der Waals surface area contributed by atoms with Crippen molar-refractivity contribution in [1.82, 2.24) is 5.32 Å². The molecular formula is C16H18Cl2N2. The SMILES string of the molecule is CN(C)c1ccc(CNCc2cc(Cl)cc(Cl)c2)cc1. The molecule has 0 heterocycles. The molecule has 2 aromatic rings. The smallest absolute Gasteiger partial charge is 0.0424 e. The number of hydrogen-bond donors (Lipinski definition) is 1. The summed E-state index contributed by atoms with van der Waals surface area (Å²) >= 11 is 12.0. The average molecular weight is 309 g/mol. The predicted molar refractivity (Wildman–Crippen MR) is 87.8 cm³/mol. The molecule has 0 spiro atoms. The molecule has 0 aliphatic rings. The molecule has 0 radical (unpaired) electrons. The largest absolute Gasteiger partial charge is 0.378 e. The van der Waals surface area contributed by atoms with E-state index in [0.717, 1.165) is 18.7 Å². The van der Waals surface area contributed by atoms with Gasteiger partial charge in [-0.1, -0.05) is 35.3 Å². The van der Waals surface area contributed by atoms with Gasteiger partial charge in [0.25, 0.3) is 0 Å². The number of benzene rings is 2. The maximum Gasteiger partial charge on any atom is 0.0424 e. The summed E-state index contributed by atoms with van der Waals surface area (Å²) < 4.78 is 0. The summed E-state index contributed by atoms with van der Waals surface area (Å²) in [6, 6.07) is 14.1. The third-order valence-electron chi connectivity index (χ3n) is 3.03. The standard InChI is InChI=1S/C16H18Cl2N2/c1-20(2)16-5-3-12(4-6-16)10-19-11-13-7-14(17)9-15(18)8-13/h3-9,19H,10-11H2,1-2H3. The molecule has 2 nitrogen and oxygen atoms in total. The van der Waals surface area contributed by atoms with Crippen LogP contribution in [0.5, 0.6) is 0 Å². The lowest BCUT2D eigenvalue weighted by molar-refractivity contribution is 0.693. The summed E-state index contributed by atoms with van der Waals surface area (Å²) in [5, 5.41) is 4.73. The number of anilines is 1. The molecule has 0 saturated carbocycles. The van der Waals surface area contributed by atoms with E-state index in [-0.39, 0.29) is 0 Å². The van der Waals surface area contributed by atoms with Gasteiger partial charge in [0.15, 0.2) is 0 Å². The minimum Gasteiger partial charge on any atom is -0.378 e. The lowest BCUT2D eigenvalue weighted by Crippen LogP contribution is -2.13. The van der Waals surface area contributed by atoms with Gasteiger partial charge in [0.05, 0.1) is 0 Å². The third kappa shape index (κ3) is 4.41. The molecule has 1 N–H and O–H groups in total. The zero-order valence-corrected chi connectivity index (χ0v) is 13.2. The fourth-order valence-corrected chi connectivity index (χ4v) is 2.55. The Morgan fingerprint density at radius 1 is 0.850 bits per heavy atom. The molecule has 0 atom stereocenters. The van der Waals surface area contributed by atoms with Crippen LogP contribution in [0.15, 0.2) is 42.5 Å². The normalized spacial score (nSPS) is 10.6. The molecule has 0 aromatic heterocycles. The molecule has 0 unspecified atom stereocenters. The van der Waals surface area contributed by atoms with Crippen LogP contribution in [-0.4, -0.2) is 14.1 Å². The van der Waals surface area contributed by atoms with Crippen LogP contribution in [-0.2, 0) is 13.1 Å². The van der Waals surface area contributed by atoms with E-state index < -0.39 is 0 Å². The van der Waals surface area contributed by atoms with Crippen LogP contribution in [0.1, 0.15) is 11.1 Å². The summed E-state index contributed by atoms with van der Waals surface area (Å²) in [7, 11) is 4.08. The molecule has 0 fully saturated rings. The lowest BCUT2D eigenvalue weighted by Gasteiger charge is -2.13. The van der Waals surface area contributed by atoms with E-state index in [9.17, 15) is 0 Å². The summed E-state index contributed by atoms with van der Waals surface area (Å²) in [5.74, 6) is 0. The molecule has 0 saturated heterocycles. The van der Waals surface area contributed by atoms with Crippen molar-refractivity contribution in [2.24, 2.45) is 0 Å². The van der Waals surface area contributed by atoms with Crippen molar-refractivity contribution in [2.45, 2.75) is 13.1 Å². The summed E-state index contributed by atoms with van der Waals surface area (Å²) in [6.45, 7) is 1.56. The van der Waals surface area contributed by atoms with E-state index in [0.29, 0.717) is 10.0 Å². The van der Waals surface area contributed by atoms with E-state index in [4.69, 9.17) is 23.2 Å². The second-order valence-electron chi connectivity index (χ2n) is 4.94. The minimum atomic E-state index is 0.671. The number of nitrogens with one attached hydrogen (secondary N) is 1. The van der Waals surface area contributed by atoms with Gasteiger partial charge in [0, 0.05) is 42.9 Å². The maximum absolute atomic E-state index is 5.98. The monoisotopic (exact) mass is 308 g/mol. The number of halogens is 2. The van der Waals surface area contributed by atoms with E-state index in [1.54, 1.807) is 6.07 Å². The van der Waals surface area contributed by atoms with E-state index in [1.807, 2.05) is 26.2 Å². The highest BCUT2D eigenvalue weighted by Gasteiger charge is 1.99. The van der Waals surface area contributed by atoms with Gasteiger partial charge < -0.3 is 10.2 Å². The highest BCUT2D eigenvalue weighted by Crippen LogP contribution is 2.19. The Labute approximate surface area is 130 Å². The second kappa shape index (κ2) is 6.98. The average Bonchev–Trinajstić information content (AvgIpc) is 2.38. The Hall–Kier alpha value is -1.22. The fourth-order valence-electron chi connectivity index (χ4n) is 1.98. The van der Waals surface area contributed by atoms with Gasteiger partial charge in [0.2, 0.25) is 0 Å². The Morgan fingerprint density at radius 2 is 1.40 bits per heavy atom. The molecule has 2 rings (SSSR count). The van der Waals surface area contributed by atoms with Crippen molar-refractivity contribution in [3.8, 4) is 0 Å². The molecule has 106 valence electrons. The molecule has 0 aliphatic carbocycles. The van der Waals surface area contributed by atoms with E-state index in [1.165, 1.54) is 11.3 Å². The van der Waals surface area contributed by atoms with E-state index in [2.05, 4.69) is 34.5 Å². The highest BCUT2D eigenvalue weighted by molar-refractivity contribution is 6.34. The zero-order chi connectivity index (χ0) is 14.5. The second-order valence-corrected chi connectivity index (χ2v) is 5.81. The number of nitrogens with zero attached hydrogens (tertiary/aromatic N) is 1. The van der Waals surface area contributed by atoms with Crippen molar-refractivity contribution in [3.05, 3.63) is 63.6 Å². The van der Waals surface area contributed by atoms with Gasteiger partial charge in [-0.15, -0.1) is 0 Å². The summed E-state index contributed by atoms with van der Waals surface area (Å²) in [4.78, 5) is 2.09. The van der Waals surface area contributed by atoms with Gasteiger partial charge in [-0.3, -0.25) is 0 Å². The van der Waals surface area contributed by atoms with Gasteiger partial charge in [-0.2, -0.15) is 0 Å². The third-order valence-corrected chi connectivity index (χ3v) is 3.47. The Balaban J connectivity index is 1.89. The first kappa shape index (κ1) is 15.2. The molecule has 0 bridgehead atoms. The van der Waals surface area contributed by atoms with Crippen molar-refractivity contribution in [1.29, 1.82) is 0 Å². The Morgan fingerprint density at radius 3 is 1.95 bits per heavy atom. The first-order valence-electron chi connectivity index (χ1n) is 6.46. The van der Waals surface area contributed by atoms with Crippen molar-refractivity contribution >= 4 is 28.9 Å². The highest BCUT2D eigenvalue weighted by atomic mass is 35.5. The summed E-state index contributed by atoms with van der Waals surface area (Å²) in [5.41, 5.74) is 3.55. The van der Waals surface area contributed by atoms with Crippen LogP contribution in [0.25, 0.3) is 0 Å². The van der Waals surface area contributed by atoms with Crippen LogP contribution in [0.3, 0.4) is 0 Å². The topological polar surface area (TPSA) is 15.3 Å². The summed E-state index contributed by atoms with van der Waals surface area (Å²) in [6.07, 6.45) is 0. The number of rotatable bonds is 5. The van der Waals surface area contributed by atoms with Crippen molar-refractivity contribution < 1.29 is 0 Å². The first-order chi connectivity index (χ1) is 9.54. The molecule has 20 heavy (non-hydrogen) atoms. The van der Waals surface area contributed by atoms with Crippen LogP contribution >= 0.6 is 23.2 Å². The molecule has 0 amide bonds. The van der Waals surface area contributed by atoms with E-state index >= 15 is 0 Å². The van der Waals surface area contributed by atoms with Gasteiger partial charge in [0.1, 0.15) is 0 Å². The van der Waals surface area contributed by atoms with Crippen LogP contribution in [0, 0.1) is 0 Å². The van der Waals surface area contributed by atoms with Crippen molar-refractivity contribution in [2.75, 3.05) is 19.0 Å². The zero-order valence-electron chi connectivity index (χ0n) is 11.7. The van der Waals surface area contributed by atoms with Gasteiger partial charge >= 0.3 is 0 Å². The van der Waals surface area contributed by atoms with Crippen molar-refractivity contribution in [3.63, 3.8) is 0 Å². The molecule has 4 heteroatoms. The van der Waals surface area contributed by atoms with Gasteiger partial charge in [-0.25, -0.2) is 0 Å². The van der Waals surface area contributed by atoms with Crippen LogP contribution < -0.4 is 10.2 Å². The quantitative estimate of drug-likeness (QED) is 0.883. The number of hydrogen-bond acceptors (Lipinski definition) is 2. The Bertz CT molecular complexity index is 545. The fraction of sp³-hybridized carbons (Fsp3) is 0.250.